The number of carbonyl (C=O) groups is 2. The highest BCUT2D eigenvalue weighted by Gasteiger charge is 2.40. The molecular formula is C19H15F3N4O2S. The molecule has 0 bridgehead atoms. The number of alkyl halides is 3. The molecule has 150 valence electrons. The average molecular weight is 420 g/mol. The van der Waals surface area contributed by atoms with Crippen LogP contribution < -0.4 is 4.90 Å². The summed E-state index contributed by atoms with van der Waals surface area (Å²) < 4.78 is 37.7. The van der Waals surface area contributed by atoms with Gasteiger partial charge in [0.05, 0.1) is 15.3 Å². The maximum Gasteiger partial charge on any atom is 0.455 e. The van der Waals surface area contributed by atoms with Gasteiger partial charge in [-0.25, -0.2) is 9.97 Å². The van der Waals surface area contributed by atoms with Crippen molar-refractivity contribution in [2.45, 2.75) is 6.18 Å². The summed E-state index contributed by atoms with van der Waals surface area (Å²) in [7, 11) is 0. The first-order valence-electron chi connectivity index (χ1n) is 8.80. The van der Waals surface area contributed by atoms with E-state index in [1.54, 1.807) is 4.90 Å². The van der Waals surface area contributed by atoms with Gasteiger partial charge in [-0.2, -0.15) is 13.2 Å². The molecule has 3 aromatic rings. The highest BCUT2D eigenvalue weighted by atomic mass is 32.1. The molecule has 0 unspecified atom stereocenters. The van der Waals surface area contributed by atoms with Crippen LogP contribution in [0.15, 0.2) is 42.7 Å². The van der Waals surface area contributed by atoms with E-state index in [9.17, 15) is 22.8 Å². The van der Waals surface area contributed by atoms with E-state index in [4.69, 9.17) is 0 Å². The van der Waals surface area contributed by atoms with Crippen molar-refractivity contribution in [3.8, 4) is 0 Å². The zero-order chi connectivity index (χ0) is 20.6. The van der Waals surface area contributed by atoms with Gasteiger partial charge >= 0.3 is 6.18 Å². The number of halogens is 3. The van der Waals surface area contributed by atoms with Gasteiger partial charge in [-0.15, -0.1) is 11.3 Å². The molecule has 10 heteroatoms. The zero-order valence-electron chi connectivity index (χ0n) is 15.0. The maximum absolute atomic E-state index is 12.6. The highest BCUT2D eigenvalue weighted by Crippen LogP contribution is 2.28. The third-order valence-electron chi connectivity index (χ3n) is 4.69. The SMILES string of the molecule is O=C(c1ccc(C(=O)C(F)(F)F)s1)N1CCN(c2ncnc3ccccc23)CC1. The summed E-state index contributed by atoms with van der Waals surface area (Å²) in [5.74, 6) is -1.51. The molecule has 29 heavy (non-hydrogen) atoms. The molecule has 0 radical (unpaired) electrons. The monoisotopic (exact) mass is 420 g/mol. The number of ketones is 1. The normalized spacial score (nSPS) is 15.0. The Morgan fingerprint density at radius 3 is 2.34 bits per heavy atom. The molecule has 0 atom stereocenters. The number of rotatable bonds is 3. The van der Waals surface area contributed by atoms with Gasteiger partial charge in [0.2, 0.25) is 0 Å². The molecule has 0 saturated carbocycles. The summed E-state index contributed by atoms with van der Waals surface area (Å²) in [5, 5.41) is 0.920. The first-order chi connectivity index (χ1) is 13.8. The van der Waals surface area contributed by atoms with Crippen LogP contribution in [0.25, 0.3) is 10.9 Å². The molecule has 0 spiro atoms. The lowest BCUT2D eigenvalue weighted by Gasteiger charge is -2.35. The third-order valence-corrected chi connectivity index (χ3v) is 5.76. The van der Waals surface area contributed by atoms with Crippen LogP contribution in [0.1, 0.15) is 19.3 Å². The molecule has 2 aromatic heterocycles. The number of hydrogen-bond donors (Lipinski definition) is 0. The third kappa shape index (κ3) is 3.80. The number of para-hydroxylation sites is 1. The van der Waals surface area contributed by atoms with E-state index in [2.05, 4.69) is 14.9 Å². The van der Waals surface area contributed by atoms with Crippen molar-refractivity contribution in [3.05, 3.63) is 52.5 Å². The van der Waals surface area contributed by atoms with Gasteiger partial charge < -0.3 is 9.80 Å². The van der Waals surface area contributed by atoms with Crippen molar-refractivity contribution < 1.29 is 22.8 Å². The van der Waals surface area contributed by atoms with Crippen LogP contribution in [-0.4, -0.2) is 58.9 Å². The summed E-state index contributed by atoms with van der Waals surface area (Å²) in [6, 6.07) is 9.97. The largest absolute Gasteiger partial charge is 0.455 e. The van der Waals surface area contributed by atoms with Crippen LogP contribution in [0.2, 0.25) is 0 Å². The molecule has 3 heterocycles. The summed E-state index contributed by atoms with van der Waals surface area (Å²) >= 11 is 0.574. The van der Waals surface area contributed by atoms with Gasteiger partial charge in [-0.1, -0.05) is 12.1 Å². The summed E-state index contributed by atoms with van der Waals surface area (Å²) in [6.07, 6.45) is -3.45. The molecule has 6 nitrogen and oxygen atoms in total. The summed E-state index contributed by atoms with van der Waals surface area (Å²) in [5.41, 5.74) is 0.830. The average Bonchev–Trinajstić information content (AvgIpc) is 3.22. The van der Waals surface area contributed by atoms with Crippen LogP contribution in [0.3, 0.4) is 0 Å². The highest BCUT2D eigenvalue weighted by molar-refractivity contribution is 7.16. The minimum Gasteiger partial charge on any atom is -0.352 e. The van der Waals surface area contributed by atoms with E-state index in [1.165, 1.54) is 12.4 Å². The molecule has 1 fully saturated rings. The number of anilines is 1. The second-order valence-electron chi connectivity index (χ2n) is 6.48. The molecule has 0 aliphatic carbocycles. The van der Waals surface area contributed by atoms with Crippen molar-refractivity contribution in [1.29, 1.82) is 0 Å². The Hall–Kier alpha value is -3.01. The Balaban J connectivity index is 1.45. The molecule has 1 aromatic carbocycles. The first kappa shape index (κ1) is 19.3. The number of piperazine rings is 1. The van der Waals surface area contributed by atoms with Crippen molar-refractivity contribution in [1.82, 2.24) is 14.9 Å². The standard InChI is InChI=1S/C19H15F3N4O2S/c20-19(21,22)16(27)14-5-6-15(29-14)18(28)26-9-7-25(8-10-26)17-12-3-1-2-4-13(12)23-11-24-17/h1-6,11H,7-10H2. The molecule has 1 saturated heterocycles. The second kappa shape index (κ2) is 7.43. The van der Waals surface area contributed by atoms with Crippen molar-refractivity contribution >= 4 is 39.7 Å². The first-order valence-corrected chi connectivity index (χ1v) is 9.61. The summed E-state index contributed by atoms with van der Waals surface area (Å²) in [6.45, 7) is 1.87. The molecule has 1 aliphatic heterocycles. The van der Waals surface area contributed by atoms with Crippen LogP contribution in [0.4, 0.5) is 19.0 Å². The Labute approximate surface area is 167 Å². The lowest BCUT2D eigenvalue weighted by atomic mass is 10.2. The van der Waals surface area contributed by atoms with Crippen LogP contribution in [0.5, 0.6) is 0 Å². The Bertz CT molecular complexity index is 1070. The van der Waals surface area contributed by atoms with Crippen molar-refractivity contribution in [2.24, 2.45) is 0 Å². The number of amides is 1. The molecule has 0 N–H and O–H groups in total. The topological polar surface area (TPSA) is 66.4 Å². The fourth-order valence-corrected chi connectivity index (χ4v) is 4.17. The zero-order valence-corrected chi connectivity index (χ0v) is 15.8. The number of thiophene rings is 1. The number of carbonyl (C=O) groups excluding carboxylic acids is 2. The lowest BCUT2D eigenvalue weighted by Crippen LogP contribution is -2.49. The Morgan fingerprint density at radius 1 is 0.931 bits per heavy atom. The van der Waals surface area contributed by atoms with Gasteiger partial charge in [0.15, 0.2) is 0 Å². The van der Waals surface area contributed by atoms with Crippen LogP contribution >= 0.6 is 11.3 Å². The molecule has 4 rings (SSSR count). The number of Topliss-reactive ketones (excluding diaryl/α,β-unsaturated/α-hetero) is 1. The molecule has 1 aliphatic rings. The molecule has 1 amide bonds. The fraction of sp³-hybridized carbons (Fsp3) is 0.263. The van der Waals surface area contributed by atoms with E-state index in [-0.39, 0.29) is 10.8 Å². The van der Waals surface area contributed by atoms with Gasteiger partial charge in [-0.3, -0.25) is 9.59 Å². The van der Waals surface area contributed by atoms with Gasteiger partial charge in [0.25, 0.3) is 11.7 Å². The maximum atomic E-state index is 12.6. The van der Waals surface area contributed by atoms with Crippen molar-refractivity contribution in [3.63, 3.8) is 0 Å². The van der Waals surface area contributed by atoms with E-state index < -0.39 is 16.8 Å². The van der Waals surface area contributed by atoms with Crippen molar-refractivity contribution in [2.75, 3.05) is 31.1 Å². The van der Waals surface area contributed by atoms with E-state index in [0.29, 0.717) is 37.5 Å². The Kier molecular flexibility index (Phi) is 4.95. The number of benzene rings is 1. The van der Waals surface area contributed by atoms with Gasteiger partial charge in [0, 0.05) is 31.6 Å². The smallest absolute Gasteiger partial charge is 0.352 e. The predicted octanol–water partition coefficient (Wildman–Crippen LogP) is 3.40. The van der Waals surface area contributed by atoms with E-state index in [1.807, 2.05) is 24.3 Å². The van der Waals surface area contributed by atoms with Gasteiger partial charge in [-0.05, 0) is 24.3 Å². The number of fused-ring (bicyclic) bond motifs is 1. The fourth-order valence-electron chi connectivity index (χ4n) is 3.23. The lowest BCUT2D eigenvalue weighted by molar-refractivity contribution is -0.0882. The van der Waals surface area contributed by atoms with Gasteiger partial charge in [0.1, 0.15) is 12.1 Å². The quantitative estimate of drug-likeness (QED) is 0.608. The van der Waals surface area contributed by atoms with E-state index in [0.717, 1.165) is 22.8 Å². The van der Waals surface area contributed by atoms with Crippen LogP contribution in [-0.2, 0) is 0 Å². The number of aromatic nitrogens is 2. The summed E-state index contributed by atoms with van der Waals surface area (Å²) in [4.78, 5) is 35.9. The second-order valence-corrected chi connectivity index (χ2v) is 7.57. The van der Waals surface area contributed by atoms with Crippen LogP contribution in [0, 0.1) is 0 Å². The molecular weight excluding hydrogens is 405 g/mol. The Morgan fingerprint density at radius 2 is 1.62 bits per heavy atom. The minimum absolute atomic E-state index is 0.124. The number of hydrogen-bond acceptors (Lipinski definition) is 6. The predicted molar refractivity (Wildman–Crippen MR) is 102 cm³/mol. The minimum atomic E-state index is -4.95. The van der Waals surface area contributed by atoms with E-state index >= 15 is 0 Å². The number of nitrogens with zero attached hydrogens (tertiary/aromatic N) is 4.